The molecule has 1 atom stereocenters. The number of hydrogen-bond donors (Lipinski definition) is 1. The maximum Gasteiger partial charge on any atom is 0.244 e. The molecule has 2 aromatic rings. The van der Waals surface area contributed by atoms with Gasteiger partial charge in [-0.25, -0.2) is 8.42 Å². The lowest BCUT2D eigenvalue weighted by Gasteiger charge is -2.24. The summed E-state index contributed by atoms with van der Waals surface area (Å²) >= 11 is 5.87. The van der Waals surface area contributed by atoms with Gasteiger partial charge >= 0.3 is 0 Å². The Bertz CT molecular complexity index is 961. The monoisotopic (exact) mass is 422 g/mol. The van der Waals surface area contributed by atoms with Gasteiger partial charge in [-0.2, -0.15) is 4.31 Å². The Hall–Kier alpha value is -2.09. The zero-order valence-electron chi connectivity index (χ0n) is 15.8. The van der Waals surface area contributed by atoms with E-state index in [1.54, 1.807) is 31.2 Å². The molecule has 1 aliphatic rings. The van der Waals surface area contributed by atoms with Gasteiger partial charge in [0.15, 0.2) is 0 Å². The molecule has 1 fully saturated rings. The van der Waals surface area contributed by atoms with Crippen LogP contribution in [0.1, 0.15) is 24.0 Å². The normalized spacial score (nSPS) is 17.5. The second-order valence-corrected chi connectivity index (χ2v) is 9.04. The van der Waals surface area contributed by atoms with Crippen LogP contribution in [0.2, 0.25) is 5.02 Å². The number of carbonyl (C=O) groups excluding carboxylic acids is 1. The molecule has 150 valence electrons. The highest BCUT2D eigenvalue weighted by atomic mass is 35.5. The highest BCUT2D eigenvalue weighted by molar-refractivity contribution is 7.89. The van der Waals surface area contributed by atoms with Gasteiger partial charge in [-0.1, -0.05) is 29.8 Å². The lowest BCUT2D eigenvalue weighted by atomic mass is 10.2. The van der Waals surface area contributed by atoms with E-state index >= 15 is 0 Å². The lowest BCUT2D eigenvalue weighted by Crippen LogP contribution is -2.45. The summed E-state index contributed by atoms with van der Waals surface area (Å²) in [6.45, 7) is 2.37. The summed E-state index contributed by atoms with van der Waals surface area (Å²) < 4.78 is 32.9. The van der Waals surface area contributed by atoms with Crippen molar-refractivity contribution in [2.75, 3.05) is 13.7 Å². The third-order valence-corrected chi connectivity index (χ3v) is 7.17. The average Bonchev–Trinajstić information content (AvgIpc) is 3.18. The third kappa shape index (κ3) is 4.32. The van der Waals surface area contributed by atoms with Gasteiger partial charge in [-0.3, -0.25) is 4.79 Å². The number of hydrogen-bond acceptors (Lipinski definition) is 4. The maximum atomic E-state index is 13.2. The van der Waals surface area contributed by atoms with Crippen LogP contribution >= 0.6 is 11.6 Å². The molecule has 28 heavy (non-hydrogen) atoms. The Kier molecular flexibility index (Phi) is 6.27. The van der Waals surface area contributed by atoms with E-state index in [2.05, 4.69) is 5.32 Å². The van der Waals surface area contributed by atoms with Crippen LogP contribution in [0.15, 0.2) is 47.4 Å². The van der Waals surface area contributed by atoms with E-state index in [0.717, 1.165) is 5.56 Å². The molecule has 0 bridgehead atoms. The minimum atomic E-state index is -3.81. The molecule has 0 saturated carbocycles. The number of nitrogens with zero attached hydrogens (tertiary/aromatic N) is 1. The minimum absolute atomic E-state index is 0.171. The number of carbonyl (C=O) groups is 1. The molecule has 8 heteroatoms. The number of sulfonamides is 1. The molecule has 0 aliphatic carbocycles. The summed E-state index contributed by atoms with van der Waals surface area (Å²) in [5.41, 5.74) is 1.52. The van der Waals surface area contributed by atoms with Crippen LogP contribution in [-0.2, 0) is 21.4 Å². The largest absolute Gasteiger partial charge is 0.497 e. The Balaban J connectivity index is 1.77. The number of aryl methyl sites for hydroxylation is 1. The van der Waals surface area contributed by atoms with Crippen molar-refractivity contribution in [3.63, 3.8) is 0 Å². The second kappa shape index (κ2) is 8.51. The first-order valence-electron chi connectivity index (χ1n) is 9.01. The van der Waals surface area contributed by atoms with Crippen molar-refractivity contribution >= 4 is 27.5 Å². The van der Waals surface area contributed by atoms with E-state index in [1.165, 1.54) is 17.5 Å². The van der Waals surface area contributed by atoms with Gasteiger partial charge in [0, 0.05) is 24.2 Å². The molecule has 3 rings (SSSR count). The highest BCUT2D eigenvalue weighted by Gasteiger charge is 2.40. The van der Waals surface area contributed by atoms with Crippen LogP contribution in [0.4, 0.5) is 0 Å². The first-order valence-corrected chi connectivity index (χ1v) is 10.8. The molecule has 6 nitrogen and oxygen atoms in total. The fourth-order valence-corrected chi connectivity index (χ4v) is 5.34. The Labute approximate surface area is 170 Å². The summed E-state index contributed by atoms with van der Waals surface area (Å²) in [5.74, 6) is 0.170. The molecule has 1 aliphatic heterocycles. The second-order valence-electron chi connectivity index (χ2n) is 6.75. The van der Waals surface area contributed by atoms with Gasteiger partial charge in [0.1, 0.15) is 11.8 Å². The predicted molar refractivity (Wildman–Crippen MR) is 108 cm³/mol. The standard InChI is InChI=1S/C20H23ClN2O4S/c1-14-5-10-17(27-2)12-19(14)28(25,26)23-11-3-4-18(23)20(24)22-13-15-6-8-16(21)9-7-15/h5-10,12,18H,3-4,11,13H2,1-2H3,(H,22,24). The average molecular weight is 423 g/mol. The highest BCUT2D eigenvalue weighted by Crippen LogP contribution is 2.30. The fourth-order valence-electron chi connectivity index (χ4n) is 3.31. The number of ether oxygens (including phenoxy) is 1. The quantitative estimate of drug-likeness (QED) is 0.776. The van der Waals surface area contributed by atoms with Crippen molar-refractivity contribution < 1.29 is 17.9 Å². The molecule has 0 radical (unpaired) electrons. The molecular formula is C20H23ClN2O4S. The zero-order chi connectivity index (χ0) is 20.3. The van der Waals surface area contributed by atoms with Gasteiger partial charge in [0.25, 0.3) is 0 Å². The van der Waals surface area contributed by atoms with Gasteiger partial charge in [0.05, 0.1) is 12.0 Å². The number of benzene rings is 2. The van der Waals surface area contributed by atoms with Gasteiger partial charge in [-0.15, -0.1) is 0 Å². The molecule has 1 amide bonds. The van der Waals surface area contributed by atoms with E-state index in [1.807, 2.05) is 12.1 Å². The smallest absolute Gasteiger partial charge is 0.244 e. The van der Waals surface area contributed by atoms with Gasteiger partial charge < -0.3 is 10.1 Å². The van der Waals surface area contributed by atoms with Crippen LogP contribution in [0.5, 0.6) is 5.75 Å². The fraction of sp³-hybridized carbons (Fsp3) is 0.350. The molecule has 0 spiro atoms. The molecular weight excluding hydrogens is 400 g/mol. The van der Waals surface area contributed by atoms with Crippen LogP contribution in [0.3, 0.4) is 0 Å². The predicted octanol–water partition coefficient (Wildman–Crippen LogP) is 3.13. The first-order chi connectivity index (χ1) is 13.3. The summed E-state index contributed by atoms with van der Waals surface area (Å²) in [7, 11) is -2.32. The third-order valence-electron chi connectivity index (χ3n) is 4.87. The van der Waals surface area contributed by atoms with Gasteiger partial charge in [0.2, 0.25) is 15.9 Å². The van der Waals surface area contributed by atoms with Crippen molar-refractivity contribution in [2.24, 2.45) is 0 Å². The van der Waals surface area contributed by atoms with Crippen LogP contribution in [-0.4, -0.2) is 38.3 Å². The van der Waals surface area contributed by atoms with Crippen LogP contribution in [0.25, 0.3) is 0 Å². The van der Waals surface area contributed by atoms with Crippen molar-refractivity contribution in [3.8, 4) is 5.75 Å². The van der Waals surface area contributed by atoms with Crippen molar-refractivity contribution in [2.45, 2.75) is 37.2 Å². The van der Waals surface area contributed by atoms with Crippen LogP contribution in [0, 0.1) is 6.92 Å². The number of halogens is 1. The van der Waals surface area contributed by atoms with Gasteiger partial charge in [-0.05, 0) is 49.1 Å². The molecule has 1 heterocycles. The maximum absolute atomic E-state index is 13.2. The van der Waals surface area contributed by atoms with E-state index in [0.29, 0.717) is 42.3 Å². The lowest BCUT2D eigenvalue weighted by molar-refractivity contribution is -0.124. The van der Waals surface area contributed by atoms with Crippen molar-refractivity contribution in [3.05, 3.63) is 58.6 Å². The van der Waals surface area contributed by atoms with Crippen LogP contribution < -0.4 is 10.1 Å². The van der Waals surface area contributed by atoms with E-state index in [-0.39, 0.29) is 10.8 Å². The van der Waals surface area contributed by atoms with E-state index in [9.17, 15) is 13.2 Å². The summed E-state index contributed by atoms with van der Waals surface area (Å²) in [5, 5.41) is 3.46. The molecule has 0 aromatic heterocycles. The number of nitrogens with one attached hydrogen (secondary N) is 1. The number of amides is 1. The number of methoxy groups -OCH3 is 1. The first kappa shape index (κ1) is 20.6. The minimum Gasteiger partial charge on any atom is -0.497 e. The molecule has 1 saturated heterocycles. The van der Waals surface area contributed by atoms with Crippen molar-refractivity contribution in [1.29, 1.82) is 0 Å². The summed E-state index contributed by atoms with van der Waals surface area (Å²) in [6, 6.07) is 11.4. The summed E-state index contributed by atoms with van der Waals surface area (Å²) in [4.78, 5) is 12.9. The SMILES string of the molecule is COc1ccc(C)c(S(=O)(=O)N2CCCC2C(=O)NCc2ccc(Cl)cc2)c1. The Morgan fingerprint density at radius 3 is 2.64 bits per heavy atom. The van der Waals surface area contributed by atoms with Crippen molar-refractivity contribution in [1.82, 2.24) is 9.62 Å². The van der Waals surface area contributed by atoms with E-state index in [4.69, 9.17) is 16.3 Å². The molecule has 2 aromatic carbocycles. The Morgan fingerprint density at radius 1 is 1.25 bits per heavy atom. The van der Waals surface area contributed by atoms with E-state index < -0.39 is 16.1 Å². The number of rotatable bonds is 6. The molecule has 1 N–H and O–H groups in total. The molecule has 1 unspecified atom stereocenters. The Morgan fingerprint density at radius 2 is 1.96 bits per heavy atom. The topological polar surface area (TPSA) is 75.7 Å². The zero-order valence-corrected chi connectivity index (χ0v) is 17.4. The summed E-state index contributed by atoms with van der Waals surface area (Å²) in [6.07, 6.45) is 1.13.